The maximum Gasteiger partial charge on any atom is 0.341 e. The van der Waals surface area contributed by atoms with Crippen LogP contribution in [0, 0.1) is 0 Å². The second-order valence-electron chi connectivity index (χ2n) is 5.83. The van der Waals surface area contributed by atoms with Crippen LogP contribution in [-0.4, -0.2) is 29.6 Å². The summed E-state index contributed by atoms with van der Waals surface area (Å²) in [7, 11) is 0. The van der Waals surface area contributed by atoms with Crippen molar-refractivity contribution in [3.05, 3.63) is 29.8 Å². The monoisotopic (exact) mass is 307 g/mol. The van der Waals surface area contributed by atoms with Crippen molar-refractivity contribution >= 4 is 23.6 Å². The van der Waals surface area contributed by atoms with E-state index in [9.17, 15) is 14.4 Å². The molecule has 0 bridgehead atoms. The van der Waals surface area contributed by atoms with Gasteiger partial charge in [-0.1, -0.05) is 12.1 Å². The molecular weight excluding hydrogens is 286 g/mol. The first-order valence-electron chi connectivity index (χ1n) is 6.78. The highest BCUT2D eigenvalue weighted by Gasteiger charge is 2.23. The van der Waals surface area contributed by atoms with E-state index >= 15 is 0 Å². The molecule has 0 heterocycles. The average Bonchev–Trinajstić information content (AvgIpc) is 2.36. The number of hydrogen-bond acceptors (Lipinski definition) is 5. The maximum atomic E-state index is 11.9. The van der Waals surface area contributed by atoms with E-state index in [0.717, 1.165) is 0 Å². The number of carbonyl (C=O) groups excluding carboxylic acids is 3. The minimum absolute atomic E-state index is 0.168. The Hall–Kier alpha value is -2.57. The molecule has 7 nitrogen and oxygen atoms in total. The fourth-order valence-corrected chi connectivity index (χ4v) is 1.55. The molecule has 3 amide bonds. The van der Waals surface area contributed by atoms with Crippen molar-refractivity contribution in [1.82, 2.24) is 10.6 Å². The molecule has 0 aliphatic carbocycles. The lowest BCUT2D eigenvalue weighted by Crippen LogP contribution is -2.50. The number of esters is 1. The molecule has 0 fully saturated rings. The molecule has 0 saturated heterocycles. The first kappa shape index (κ1) is 17.5. The third-order valence-electron chi connectivity index (χ3n) is 2.56. The summed E-state index contributed by atoms with van der Waals surface area (Å²) in [6.07, 6.45) is -1.13. The molecule has 0 spiro atoms. The molecule has 22 heavy (non-hydrogen) atoms. The third-order valence-corrected chi connectivity index (χ3v) is 2.56. The Morgan fingerprint density at radius 1 is 1.18 bits per heavy atom. The number of para-hydroxylation sites is 1. The van der Waals surface area contributed by atoms with Gasteiger partial charge in [0.15, 0.2) is 6.10 Å². The van der Waals surface area contributed by atoms with Crippen LogP contribution in [0.25, 0.3) is 0 Å². The molecule has 0 unspecified atom stereocenters. The molecule has 1 rings (SSSR count). The van der Waals surface area contributed by atoms with Crippen LogP contribution in [0.15, 0.2) is 24.3 Å². The van der Waals surface area contributed by atoms with Crippen molar-refractivity contribution in [2.24, 2.45) is 0 Å². The zero-order valence-electron chi connectivity index (χ0n) is 13.1. The standard InChI is InChI=1S/C15H21N3O4/c1-9(12(19)17-14(21)18-15(2,3)4)22-13(20)10-7-5-6-8-11(10)16/h5-9H,16H2,1-4H3,(H2,17,18,19,21)/t9-/m0/s1. The Morgan fingerprint density at radius 2 is 1.77 bits per heavy atom. The molecule has 0 aromatic heterocycles. The minimum Gasteiger partial charge on any atom is -0.449 e. The highest BCUT2D eigenvalue weighted by atomic mass is 16.5. The van der Waals surface area contributed by atoms with Gasteiger partial charge < -0.3 is 15.8 Å². The lowest BCUT2D eigenvalue weighted by Gasteiger charge is -2.21. The van der Waals surface area contributed by atoms with E-state index < -0.39 is 29.6 Å². The van der Waals surface area contributed by atoms with Crippen molar-refractivity contribution in [2.75, 3.05) is 5.73 Å². The molecule has 7 heteroatoms. The molecule has 4 N–H and O–H groups in total. The number of urea groups is 1. The van der Waals surface area contributed by atoms with Crippen molar-refractivity contribution < 1.29 is 19.1 Å². The summed E-state index contributed by atoms with van der Waals surface area (Å²) in [5, 5.41) is 4.68. The number of ether oxygens (including phenoxy) is 1. The van der Waals surface area contributed by atoms with Crippen LogP contribution in [0.1, 0.15) is 38.1 Å². The van der Waals surface area contributed by atoms with E-state index in [4.69, 9.17) is 10.5 Å². The Balaban J connectivity index is 2.60. The first-order chi connectivity index (χ1) is 10.1. The largest absolute Gasteiger partial charge is 0.449 e. The zero-order valence-corrected chi connectivity index (χ0v) is 13.1. The van der Waals surface area contributed by atoms with Crippen LogP contribution in [0.2, 0.25) is 0 Å². The molecular formula is C15H21N3O4. The van der Waals surface area contributed by atoms with Crippen LogP contribution in [0.3, 0.4) is 0 Å². The SMILES string of the molecule is C[C@H](OC(=O)c1ccccc1N)C(=O)NC(=O)NC(C)(C)C. The van der Waals surface area contributed by atoms with Gasteiger partial charge in [0, 0.05) is 11.2 Å². The van der Waals surface area contributed by atoms with Gasteiger partial charge in [-0.25, -0.2) is 9.59 Å². The molecule has 0 radical (unpaired) electrons. The topological polar surface area (TPSA) is 111 Å². The number of benzene rings is 1. The Labute approximate surface area is 129 Å². The summed E-state index contributed by atoms with van der Waals surface area (Å²) in [4.78, 5) is 35.3. The highest BCUT2D eigenvalue weighted by molar-refractivity contribution is 6.00. The second kappa shape index (κ2) is 6.93. The number of hydrogen-bond donors (Lipinski definition) is 3. The quantitative estimate of drug-likeness (QED) is 0.578. The van der Waals surface area contributed by atoms with Gasteiger partial charge in [0.1, 0.15) is 0 Å². The summed E-state index contributed by atoms with van der Waals surface area (Å²) in [6.45, 7) is 6.70. The number of imide groups is 1. The fourth-order valence-electron chi connectivity index (χ4n) is 1.55. The molecule has 1 atom stereocenters. The third kappa shape index (κ3) is 5.43. The summed E-state index contributed by atoms with van der Waals surface area (Å²) in [6, 6.07) is 5.71. The molecule has 1 aromatic carbocycles. The van der Waals surface area contributed by atoms with Gasteiger partial charge in [0.05, 0.1) is 5.56 Å². The molecule has 120 valence electrons. The van der Waals surface area contributed by atoms with Gasteiger partial charge >= 0.3 is 12.0 Å². The smallest absolute Gasteiger partial charge is 0.341 e. The Kier molecular flexibility index (Phi) is 5.50. The Morgan fingerprint density at radius 3 is 2.32 bits per heavy atom. The fraction of sp³-hybridized carbons (Fsp3) is 0.400. The summed E-state index contributed by atoms with van der Waals surface area (Å²) in [5.74, 6) is -1.44. The zero-order chi connectivity index (χ0) is 16.9. The summed E-state index contributed by atoms with van der Waals surface area (Å²) in [5.41, 5.74) is 5.60. The van der Waals surface area contributed by atoms with Gasteiger partial charge in [0.25, 0.3) is 5.91 Å². The lowest BCUT2D eigenvalue weighted by molar-refractivity contribution is -0.127. The number of nitrogen functional groups attached to an aromatic ring is 1. The van der Waals surface area contributed by atoms with Crippen LogP contribution < -0.4 is 16.4 Å². The number of amides is 3. The molecule has 0 aliphatic rings. The lowest BCUT2D eigenvalue weighted by atomic mass is 10.1. The molecule has 1 aromatic rings. The van der Waals surface area contributed by atoms with E-state index in [1.54, 1.807) is 39.0 Å². The van der Waals surface area contributed by atoms with E-state index in [-0.39, 0.29) is 11.3 Å². The van der Waals surface area contributed by atoms with Crippen molar-refractivity contribution in [1.29, 1.82) is 0 Å². The van der Waals surface area contributed by atoms with Gasteiger partial charge in [-0.2, -0.15) is 0 Å². The van der Waals surface area contributed by atoms with E-state index in [1.165, 1.54) is 13.0 Å². The van der Waals surface area contributed by atoms with E-state index in [2.05, 4.69) is 10.6 Å². The molecule has 0 aliphatic heterocycles. The normalized spacial score (nSPS) is 12.2. The number of anilines is 1. The average molecular weight is 307 g/mol. The summed E-state index contributed by atoms with van der Waals surface area (Å²) < 4.78 is 5.00. The number of nitrogens with two attached hydrogens (primary N) is 1. The minimum atomic E-state index is -1.13. The van der Waals surface area contributed by atoms with Gasteiger partial charge in [0.2, 0.25) is 0 Å². The van der Waals surface area contributed by atoms with Crippen LogP contribution in [-0.2, 0) is 9.53 Å². The van der Waals surface area contributed by atoms with E-state index in [0.29, 0.717) is 0 Å². The van der Waals surface area contributed by atoms with Gasteiger partial charge in [-0.05, 0) is 39.8 Å². The van der Waals surface area contributed by atoms with Crippen molar-refractivity contribution in [2.45, 2.75) is 39.3 Å². The first-order valence-corrected chi connectivity index (χ1v) is 6.78. The van der Waals surface area contributed by atoms with Gasteiger partial charge in [-0.3, -0.25) is 10.1 Å². The van der Waals surface area contributed by atoms with Crippen LogP contribution in [0.4, 0.5) is 10.5 Å². The van der Waals surface area contributed by atoms with E-state index in [1.807, 2.05) is 0 Å². The van der Waals surface area contributed by atoms with Crippen LogP contribution in [0.5, 0.6) is 0 Å². The Bertz CT molecular complexity index is 578. The van der Waals surface area contributed by atoms with Crippen LogP contribution >= 0.6 is 0 Å². The number of carbonyl (C=O) groups is 3. The number of rotatable bonds is 3. The number of nitrogens with one attached hydrogen (secondary N) is 2. The second-order valence-corrected chi connectivity index (χ2v) is 5.83. The van der Waals surface area contributed by atoms with Crippen molar-refractivity contribution in [3.63, 3.8) is 0 Å². The highest BCUT2D eigenvalue weighted by Crippen LogP contribution is 2.12. The van der Waals surface area contributed by atoms with Gasteiger partial charge in [-0.15, -0.1) is 0 Å². The summed E-state index contributed by atoms with van der Waals surface area (Å²) >= 11 is 0. The predicted octanol–water partition coefficient (Wildman–Crippen LogP) is 1.44. The predicted molar refractivity (Wildman–Crippen MR) is 82.2 cm³/mol. The molecule has 0 saturated carbocycles. The maximum absolute atomic E-state index is 11.9. The van der Waals surface area contributed by atoms with Crippen molar-refractivity contribution in [3.8, 4) is 0 Å².